The summed E-state index contributed by atoms with van der Waals surface area (Å²) in [6, 6.07) is 6.53. The SMILES string of the molecule is CN=C(NCCCc1c(C)noc1C)N1CC(C)OC(c2ccc(F)cc2)C1.I. The minimum absolute atomic E-state index is 0. The van der Waals surface area contributed by atoms with Gasteiger partial charge in [0.1, 0.15) is 17.7 Å². The van der Waals surface area contributed by atoms with E-state index in [0.717, 1.165) is 48.9 Å². The van der Waals surface area contributed by atoms with Crippen molar-refractivity contribution in [1.82, 2.24) is 15.4 Å². The number of nitrogens with zero attached hydrogens (tertiary/aromatic N) is 3. The molecule has 2 heterocycles. The van der Waals surface area contributed by atoms with Crippen LogP contribution < -0.4 is 5.32 Å². The Labute approximate surface area is 188 Å². The molecule has 160 valence electrons. The third-order valence-electron chi connectivity index (χ3n) is 5.08. The molecule has 8 heteroatoms. The minimum atomic E-state index is -0.236. The van der Waals surface area contributed by atoms with Crippen molar-refractivity contribution in [3.05, 3.63) is 52.7 Å². The Kier molecular flexibility index (Phi) is 8.88. The number of aliphatic imine (C=N–C) groups is 1. The summed E-state index contributed by atoms with van der Waals surface area (Å²) in [6.45, 7) is 8.23. The highest BCUT2D eigenvalue weighted by Crippen LogP contribution is 2.25. The molecule has 0 aliphatic carbocycles. The number of halogens is 2. The van der Waals surface area contributed by atoms with E-state index in [0.29, 0.717) is 6.54 Å². The molecule has 0 saturated carbocycles. The first-order valence-corrected chi connectivity index (χ1v) is 9.76. The molecule has 1 aromatic heterocycles. The summed E-state index contributed by atoms with van der Waals surface area (Å²) in [6.07, 6.45) is 1.83. The van der Waals surface area contributed by atoms with Gasteiger partial charge in [0.25, 0.3) is 0 Å². The van der Waals surface area contributed by atoms with E-state index < -0.39 is 0 Å². The molecule has 0 amide bonds. The summed E-state index contributed by atoms with van der Waals surface area (Å²) in [5, 5.41) is 7.46. The van der Waals surface area contributed by atoms with Crippen molar-refractivity contribution in [2.24, 2.45) is 4.99 Å². The van der Waals surface area contributed by atoms with Crippen molar-refractivity contribution in [3.8, 4) is 0 Å². The highest BCUT2D eigenvalue weighted by atomic mass is 127. The Morgan fingerprint density at radius 2 is 2.00 bits per heavy atom. The molecule has 2 unspecified atom stereocenters. The molecule has 1 aliphatic heterocycles. The van der Waals surface area contributed by atoms with Crippen LogP contribution in [0.3, 0.4) is 0 Å². The van der Waals surface area contributed by atoms with Crippen molar-refractivity contribution in [1.29, 1.82) is 0 Å². The van der Waals surface area contributed by atoms with Gasteiger partial charge in [0.05, 0.1) is 18.3 Å². The van der Waals surface area contributed by atoms with Crippen LogP contribution in [0.15, 0.2) is 33.8 Å². The smallest absolute Gasteiger partial charge is 0.193 e. The first-order chi connectivity index (χ1) is 13.5. The van der Waals surface area contributed by atoms with Crippen LogP contribution in [0, 0.1) is 19.7 Å². The van der Waals surface area contributed by atoms with E-state index in [1.54, 1.807) is 19.2 Å². The van der Waals surface area contributed by atoms with Gasteiger partial charge in [-0.25, -0.2) is 4.39 Å². The van der Waals surface area contributed by atoms with Crippen LogP contribution in [0.5, 0.6) is 0 Å². The molecule has 2 atom stereocenters. The summed E-state index contributed by atoms with van der Waals surface area (Å²) < 4.78 is 24.5. The fraction of sp³-hybridized carbons (Fsp3) is 0.524. The van der Waals surface area contributed by atoms with Crippen LogP contribution in [0.2, 0.25) is 0 Å². The lowest BCUT2D eigenvalue weighted by Crippen LogP contribution is -2.50. The molecular weight excluding hydrogens is 486 g/mol. The van der Waals surface area contributed by atoms with Crippen molar-refractivity contribution >= 4 is 29.9 Å². The van der Waals surface area contributed by atoms with Gasteiger partial charge in [-0.2, -0.15) is 0 Å². The van der Waals surface area contributed by atoms with E-state index in [-0.39, 0.29) is 42.0 Å². The van der Waals surface area contributed by atoms with Gasteiger partial charge >= 0.3 is 0 Å². The fourth-order valence-corrected chi connectivity index (χ4v) is 3.64. The van der Waals surface area contributed by atoms with Gasteiger partial charge in [-0.1, -0.05) is 17.3 Å². The Bertz CT molecular complexity index is 790. The lowest BCUT2D eigenvalue weighted by molar-refractivity contribution is -0.0605. The number of guanidine groups is 1. The molecule has 2 aromatic rings. The van der Waals surface area contributed by atoms with Gasteiger partial charge in [-0.15, -0.1) is 24.0 Å². The Morgan fingerprint density at radius 3 is 2.62 bits per heavy atom. The van der Waals surface area contributed by atoms with Crippen LogP contribution in [-0.4, -0.2) is 48.8 Å². The Hall–Kier alpha value is -1.68. The summed E-state index contributed by atoms with van der Waals surface area (Å²) >= 11 is 0. The zero-order valence-electron chi connectivity index (χ0n) is 17.4. The first-order valence-electron chi connectivity index (χ1n) is 9.76. The molecule has 1 saturated heterocycles. The second kappa shape index (κ2) is 10.9. The predicted molar refractivity (Wildman–Crippen MR) is 122 cm³/mol. The largest absolute Gasteiger partial charge is 0.367 e. The summed E-state index contributed by atoms with van der Waals surface area (Å²) in [7, 11) is 1.80. The number of nitrogens with one attached hydrogen (secondary N) is 1. The normalized spacial score (nSPS) is 19.8. The standard InChI is InChI=1S/C21H29FN4O2.HI/c1-14-12-26(13-20(27-14)17-7-9-18(22)10-8-17)21(23-4)24-11-5-6-19-15(2)25-28-16(19)3;/h7-10,14,20H,5-6,11-13H2,1-4H3,(H,23,24);1H. The number of ether oxygens (including phenoxy) is 1. The van der Waals surface area contributed by atoms with Crippen molar-refractivity contribution in [2.75, 3.05) is 26.7 Å². The molecule has 1 N–H and O–H groups in total. The monoisotopic (exact) mass is 516 g/mol. The zero-order chi connectivity index (χ0) is 20.1. The predicted octanol–water partition coefficient (Wildman–Crippen LogP) is 4.02. The molecular formula is C21H30FIN4O2. The van der Waals surface area contributed by atoms with Crippen LogP contribution in [0.1, 0.15) is 42.0 Å². The van der Waals surface area contributed by atoms with E-state index in [2.05, 4.69) is 20.4 Å². The maximum atomic E-state index is 13.2. The van der Waals surface area contributed by atoms with Crippen LogP contribution >= 0.6 is 24.0 Å². The summed E-state index contributed by atoms with van der Waals surface area (Å²) in [5.41, 5.74) is 3.13. The second-order valence-electron chi connectivity index (χ2n) is 7.27. The number of benzene rings is 1. The summed E-state index contributed by atoms with van der Waals surface area (Å²) in [5.74, 6) is 1.52. The number of aryl methyl sites for hydroxylation is 2. The highest BCUT2D eigenvalue weighted by molar-refractivity contribution is 14.0. The number of aromatic nitrogens is 1. The maximum absolute atomic E-state index is 13.2. The molecule has 0 bridgehead atoms. The van der Waals surface area contributed by atoms with Gasteiger partial charge in [0.2, 0.25) is 0 Å². The van der Waals surface area contributed by atoms with Gasteiger partial charge in [0, 0.05) is 25.7 Å². The average molecular weight is 516 g/mol. The highest BCUT2D eigenvalue weighted by Gasteiger charge is 2.28. The van der Waals surface area contributed by atoms with E-state index >= 15 is 0 Å². The van der Waals surface area contributed by atoms with Gasteiger partial charge in [-0.3, -0.25) is 4.99 Å². The molecule has 1 aromatic carbocycles. The van der Waals surface area contributed by atoms with E-state index in [4.69, 9.17) is 9.26 Å². The molecule has 29 heavy (non-hydrogen) atoms. The third-order valence-corrected chi connectivity index (χ3v) is 5.08. The topological polar surface area (TPSA) is 62.9 Å². The fourth-order valence-electron chi connectivity index (χ4n) is 3.64. The lowest BCUT2D eigenvalue weighted by Gasteiger charge is -2.38. The first kappa shape index (κ1) is 23.6. The Morgan fingerprint density at radius 1 is 1.28 bits per heavy atom. The number of morpholine rings is 1. The number of rotatable bonds is 5. The van der Waals surface area contributed by atoms with Crippen LogP contribution in [0.25, 0.3) is 0 Å². The van der Waals surface area contributed by atoms with Gasteiger partial charge < -0.3 is 19.5 Å². The molecule has 1 fully saturated rings. The number of hydrogen-bond acceptors (Lipinski definition) is 4. The van der Waals surface area contributed by atoms with Crippen molar-refractivity contribution in [3.63, 3.8) is 0 Å². The van der Waals surface area contributed by atoms with Crippen molar-refractivity contribution in [2.45, 2.75) is 45.8 Å². The maximum Gasteiger partial charge on any atom is 0.193 e. The molecule has 3 rings (SSSR count). The third kappa shape index (κ3) is 6.15. The second-order valence-corrected chi connectivity index (χ2v) is 7.27. The molecule has 0 spiro atoms. The minimum Gasteiger partial charge on any atom is -0.367 e. The lowest BCUT2D eigenvalue weighted by atomic mass is 10.1. The van der Waals surface area contributed by atoms with Crippen molar-refractivity contribution < 1.29 is 13.7 Å². The van der Waals surface area contributed by atoms with E-state index in [9.17, 15) is 4.39 Å². The Balaban J connectivity index is 0.00000300. The average Bonchev–Trinajstić information content (AvgIpc) is 3.00. The zero-order valence-corrected chi connectivity index (χ0v) is 19.8. The molecule has 1 aliphatic rings. The van der Waals surface area contributed by atoms with E-state index in [1.807, 2.05) is 20.8 Å². The summed E-state index contributed by atoms with van der Waals surface area (Å²) in [4.78, 5) is 6.65. The molecule has 6 nitrogen and oxygen atoms in total. The number of hydrogen-bond donors (Lipinski definition) is 1. The van der Waals surface area contributed by atoms with E-state index in [1.165, 1.54) is 17.7 Å². The van der Waals surface area contributed by atoms with Crippen LogP contribution in [-0.2, 0) is 11.2 Å². The molecule has 0 radical (unpaired) electrons. The quantitative estimate of drug-likeness (QED) is 0.282. The van der Waals surface area contributed by atoms with Gasteiger partial charge in [-0.05, 0) is 51.3 Å². The van der Waals surface area contributed by atoms with Crippen LogP contribution in [0.4, 0.5) is 4.39 Å². The van der Waals surface area contributed by atoms with Gasteiger partial charge in [0.15, 0.2) is 5.96 Å².